The number of hydrogen-bond donors (Lipinski definition) is 1. The van der Waals surface area contributed by atoms with Crippen LogP contribution in [-0.2, 0) is 0 Å². The molecule has 0 saturated heterocycles. The Labute approximate surface area is 82.8 Å². The molecule has 7 heteroatoms. The van der Waals surface area contributed by atoms with Gasteiger partial charge in [0.15, 0.2) is 5.01 Å². The van der Waals surface area contributed by atoms with Gasteiger partial charge >= 0.3 is 5.00 Å². The van der Waals surface area contributed by atoms with E-state index in [0.717, 1.165) is 17.1 Å². The molecule has 1 rings (SSSR count). The molecule has 0 spiro atoms. The molecule has 1 aromatic rings. The highest BCUT2D eigenvalue weighted by Gasteiger charge is 2.14. The lowest BCUT2D eigenvalue weighted by atomic mass is 10.7. The minimum atomic E-state index is -0.495. The second-order valence-electron chi connectivity index (χ2n) is 2.02. The van der Waals surface area contributed by atoms with Crippen LogP contribution in [0.25, 0.3) is 0 Å². The Morgan fingerprint density at radius 2 is 2.62 bits per heavy atom. The highest BCUT2D eigenvalue weighted by atomic mass is 32.2. The van der Waals surface area contributed by atoms with E-state index in [1.807, 2.05) is 6.92 Å². The van der Waals surface area contributed by atoms with Gasteiger partial charge < -0.3 is 0 Å². The molecule has 0 amide bonds. The van der Waals surface area contributed by atoms with Crippen LogP contribution in [0.15, 0.2) is 6.20 Å². The zero-order valence-corrected chi connectivity index (χ0v) is 8.44. The highest BCUT2D eigenvalue weighted by molar-refractivity contribution is 8.14. The van der Waals surface area contributed by atoms with Crippen molar-refractivity contribution >= 4 is 33.1 Å². The van der Waals surface area contributed by atoms with Crippen LogP contribution in [0, 0.1) is 15.5 Å². The van der Waals surface area contributed by atoms with Crippen molar-refractivity contribution in [3.8, 4) is 0 Å². The summed E-state index contributed by atoms with van der Waals surface area (Å²) in [6, 6.07) is 0. The zero-order valence-electron chi connectivity index (χ0n) is 6.81. The van der Waals surface area contributed by atoms with E-state index in [0.29, 0.717) is 10.1 Å². The van der Waals surface area contributed by atoms with Crippen LogP contribution in [0.1, 0.15) is 11.9 Å². The van der Waals surface area contributed by atoms with Crippen molar-refractivity contribution in [3.63, 3.8) is 0 Å². The summed E-state index contributed by atoms with van der Waals surface area (Å²) in [4.78, 5) is 13.6. The average Bonchev–Trinajstić information content (AvgIpc) is 2.52. The third-order valence-corrected chi connectivity index (χ3v) is 3.02. The number of thioether (sulfide) groups is 1. The molecule has 0 aliphatic rings. The zero-order chi connectivity index (χ0) is 9.84. The van der Waals surface area contributed by atoms with Gasteiger partial charge in [-0.3, -0.25) is 15.5 Å². The molecule has 1 aromatic heterocycles. The number of hydrogen-bond acceptors (Lipinski definition) is 6. The van der Waals surface area contributed by atoms with Crippen molar-refractivity contribution in [1.82, 2.24) is 4.98 Å². The maximum Gasteiger partial charge on any atom is 0.344 e. The Morgan fingerprint density at radius 3 is 3.08 bits per heavy atom. The first-order chi connectivity index (χ1) is 6.15. The third kappa shape index (κ3) is 2.49. The van der Waals surface area contributed by atoms with E-state index in [2.05, 4.69) is 4.98 Å². The van der Waals surface area contributed by atoms with Crippen LogP contribution < -0.4 is 0 Å². The van der Waals surface area contributed by atoms with Crippen LogP contribution in [-0.4, -0.2) is 20.7 Å². The van der Waals surface area contributed by atoms with Gasteiger partial charge in [-0.2, -0.15) is 0 Å². The molecule has 1 N–H and O–H groups in total. The minimum Gasteiger partial charge on any atom is -0.291 e. The lowest BCUT2D eigenvalue weighted by molar-refractivity contribution is -0.380. The summed E-state index contributed by atoms with van der Waals surface area (Å²) in [5.74, 6) is 0.770. The molecule has 0 saturated carbocycles. The molecule has 13 heavy (non-hydrogen) atoms. The van der Waals surface area contributed by atoms with Crippen molar-refractivity contribution in [2.24, 2.45) is 0 Å². The van der Waals surface area contributed by atoms with Crippen LogP contribution in [0.3, 0.4) is 0 Å². The standard InChI is InChI=1S/C6H7N3O2S2/c1-2-12-5(7)6-8-3-4(13-6)9(10)11/h3,7H,2H2,1H3. The molecule has 0 bridgehead atoms. The van der Waals surface area contributed by atoms with Crippen LogP contribution in [0.4, 0.5) is 5.00 Å². The maximum absolute atomic E-state index is 10.3. The Bertz CT molecular complexity index is 336. The molecule has 0 unspecified atom stereocenters. The minimum absolute atomic E-state index is 0.0172. The summed E-state index contributed by atoms with van der Waals surface area (Å²) in [5, 5.41) is 18.5. The van der Waals surface area contributed by atoms with Crippen molar-refractivity contribution in [3.05, 3.63) is 21.3 Å². The monoisotopic (exact) mass is 217 g/mol. The fourth-order valence-corrected chi connectivity index (χ4v) is 2.00. The van der Waals surface area contributed by atoms with Crippen molar-refractivity contribution in [2.75, 3.05) is 5.75 Å². The maximum atomic E-state index is 10.3. The highest BCUT2D eigenvalue weighted by Crippen LogP contribution is 2.24. The summed E-state index contributed by atoms with van der Waals surface area (Å²) >= 11 is 2.25. The first-order valence-corrected chi connectivity index (χ1v) is 5.27. The molecule has 0 radical (unpaired) electrons. The number of aromatic nitrogens is 1. The summed E-state index contributed by atoms with van der Waals surface area (Å²) in [5.41, 5.74) is 0. The number of rotatable bonds is 3. The van der Waals surface area contributed by atoms with Crippen molar-refractivity contribution in [1.29, 1.82) is 5.41 Å². The van der Waals surface area contributed by atoms with Gasteiger partial charge in [-0.05, 0) is 17.1 Å². The quantitative estimate of drug-likeness (QED) is 0.364. The Balaban J connectivity index is 2.79. The largest absolute Gasteiger partial charge is 0.344 e. The van der Waals surface area contributed by atoms with E-state index in [4.69, 9.17) is 5.41 Å². The van der Waals surface area contributed by atoms with Gasteiger partial charge in [0.1, 0.15) is 11.2 Å². The van der Waals surface area contributed by atoms with Crippen LogP contribution >= 0.6 is 23.1 Å². The predicted molar refractivity (Wildman–Crippen MR) is 53.7 cm³/mol. The number of thiazole rings is 1. The van der Waals surface area contributed by atoms with Gasteiger partial charge in [0.25, 0.3) is 0 Å². The van der Waals surface area contributed by atoms with Crippen LogP contribution in [0.2, 0.25) is 0 Å². The van der Waals surface area contributed by atoms with E-state index < -0.39 is 4.92 Å². The molecule has 0 atom stereocenters. The summed E-state index contributed by atoms with van der Waals surface area (Å²) in [6.07, 6.45) is 1.19. The number of nitrogens with one attached hydrogen (secondary N) is 1. The summed E-state index contributed by atoms with van der Waals surface area (Å²) in [7, 11) is 0. The van der Waals surface area contributed by atoms with Crippen molar-refractivity contribution in [2.45, 2.75) is 6.92 Å². The van der Waals surface area contributed by atoms with Gasteiger partial charge in [-0.25, -0.2) is 4.98 Å². The van der Waals surface area contributed by atoms with E-state index in [-0.39, 0.29) is 5.00 Å². The number of nitrogens with zero attached hydrogens (tertiary/aromatic N) is 2. The molecule has 0 aliphatic heterocycles. The molecule has 0 aromatic carbocycles. The first-order valence-electron chi connectivity index (χ1n) is 3.47. The topological polar surface area (TPSA) is 79.9 Å². The molecular weight excluding hydrogens is 210 g/mol. The van der Waals surface area contributed by atoms with Gasteiger partial charge in [-0.15, -0.1) is 11.8 Å². The van der Waals surface area contributed by atoms with Gasteiger partial charge in [-0.1, -0.05) is 6.92 Å². The summed E-state index contributed by atoms with van der Waals surface area (Å²) in [6.45, 7) is 1.92. The van der Waals surface area contributed by atoms with Crippen LogP contribution in [0.5, 0.6) is 0 Å². The molecule has 70 valence electrons. The Hall–Kier alpha value is -0.950. The first kappa shape index (κ1) is 10.1. The van der Waals surface area contributed by atoms with E-state index in [1.165, 1.54) is 18.0 Å². The predicted octanol–water partition coefficient (Wildman–Crippen LogP) is 2.13. The fourth-order valence-electron chi connectivity index (χ4n) is 0.661. The molecule has 0 aliphatic carbocycles. The Kier molecular flexibility index (Phi) is 3.38. The second-order valence-corrected chi connectivity index (χ2v) is 4.31. The lowest BCUT2D eigenvalue weighted by Gasteiger charge is -1.92. The van der Waals surface area contributed by atoms with E-state index >= 15 is 0 Å². The van der Waals surface area contributed by atoms with Gasteiger partial charge in [0, 0.05) is 0 Å². The SMILES string of the molecule is CCSC(=N)c1ncc([N+](=O)[O-])s1. The van der Waals surface area contributed by atoms with E-state index in [9.17, 15) is 10.1 Å². The third-order valence-electron chi connectivity index (χ3n) is 1.16. The molecule has 5 nitrogen and oxygen atoms in total. The van der Waals surface area contributed by atoms with E-state index in [1.54, 1.807) is 0 Å². The van der Waals surface area contributed by atoms with Gasteiger partial charge in [0.2, 0.25) is 0 Å². The normalized spacial score (nSPS) is 9.92. The molecule has 0 fully saturated rings. The van der Waals surface area contributed by atoms with Crippen molar-refractivity contribution < 1.29 is 4.92 Å². The second kappa shape index (κ2) is 4.33. The fraction of sp³-hybridized carbons (Fsp3) is 0.333. The smallest absolute Gasteiger partial charge is 0.291 e. The molecule has 1 heterocycles. The number of nitro groups is 1. The summed E-state index contributed by atoms with van der Waals surface area (Å²) < 4.78 is 0. The Morgan fingerprint density at radius 1 is 1.92 bits per heavy atom. The lowest BCUT2D eigenvalue weighted by Crippen LogP contribution is -1.91. The molecular formula is C6H7N3O2S2. The van der Waals surface area contributed by atoms with Gasteiger partial charge in [0.05, 0.1) is 4.92 Å². The average molecular weight is 217 g/mol.